The fourth-order valence-corrected chi connectivity index (χ4v) is 5.52. The zero-order valence-corrected chi connectivity index (χ0v) is 25.7. The number of carbonyl (C=O) groups is 3. The summed E-state index contributed by atoms with van der Waals surface area (Å²) in [5.74, 6) is -1.32. The molecule has 10 heteroatoms. The fourth-order valence-electron chi connectivity index (χ4n) is 5.52. The molecular formula is C34H41N3O7. The van der Waals surface area contributed by atoms with Crippen molar-refractivity contribution < 1.29 is 33.3 Å². The number of aryl methyl sites for hydroxylation is 2. The number of likely N-dealkylation sites (tertiary alicyclic amines) is 1. The molecular weight excluding hydrogens is 562 g/mol. The summed E-state index contributed by atoms with van der Waals surface area (Å²) in [5, 5.41) is 0. The lowest BCUT2D eigenvalue weighted by molar-refractivity contribution is -0.157. The first-order valence-corrected chi connectivity index (χ1v) is 15.0. The first-order valence-electron chi connectivity index (χ1n) is 15.0. The maximum absolute atomic E-state index is 13.4. The van der Waals surface area contributed by atoms with Gasteiger partial charge in [0.25, 0.3) is 11.7 Å². The van der Waals surface area contributed by atoms with Crippen molar-refractivity contribution in [2.24, 2.45) is 5.92 Å². The minimum atomic E-state index is -0.707. The average Bonchev–Trinajstić information content (AvgIpc) is 3.07. The number of hydrogen-bond acceptors (Lipinski definition) is 9. The largest absolute Gasteiger partial charge is 0.493 e. The highest BCUT2D eigenvalue weighted by molar-refractivity contribution is 6.42. The summed E-state index contributed by atoms with van der Waals surface area (Å²) in [6.45, 7) is 0.518. The summed E-state index contributed by atoms with van der Waals surface area (Å²) >= 11 is 0. The summed E-state index contributed by atoms with van der Waals surface area (Å²) in [7, 11) is 4.35. The first-order chi connectivity index (χ1) is 21.4. The van der Waals surface area contributed by atoms with Crippen LogP contribution in [0.5, 0.6) is 17.2 Å². The molecule has 1 fully saturated rings. The van der Waals surface area contributed by atoms with E-state index in [0.29, 0.717) is 25.1 Å². The standard InChI is InChI=1S/C34H41N3O7/c1-41-29-19-27(20-30(42-2)32(29)43-3)31(38)33(39)37-18-8-13-26(23-37)34(40)44-28(14-4-9-24-11-6-16-35-21-24)15-5-10-25-12-7-17-36-22-25/h6-7,11-12,16-17,19-22,26,28H,4-5,8-10,13-15,18,23H2,1-3H3. The molecule has 4 rings (SSSR count). The van der Waals surface area contributed by atoms with E-state index in [1.165, 1.54) is 38.4 Å². The van der Waals surface area contributed by atoms with Gasteiger partial charge in [-0.2, -0.15) is 0 Å². The molecule has 234 valence electrons. The number of aromatic nitrogens is 2. The molecule has 1 aromatic carbocycles. The third kappa shape index (κ3) is 8.78. The zero-order chi connectivity index (χ0) is 31.3. The molecule has 0 radical (unpaired) electrons. The van der Waals surface area contributed by atoms with Crippen LogP contribution in [0.15, 0.2) is 61.2 Å². The molecule has 1 amide bonds. The molecule has 1 aliphatic rings. The highest BCUT2D eigenvalue weighted by atomic mass is 16.5. The van der Waals surface area contributed by atoms with Crippen LogP contribution in [0.2, 0.25) is 0 Å². The van der Waals surface area contributed by atoms with Crippen molar-refractivity contribution in [2.45, 2.75) is 57.5 Å². The van der Waals surface area contributed by atoms with E-state index in [1.54, 1.807) is 12.4 Å². The first kappa shape index (κ1) is 32.4. The Morgan fingerprint density at radius 3 is 1.98 bits per heavy atom. The van der Waals surface area contributed by atoms with E-state index < -0.39 is 17.6 Å². The Kier molecular flexibility index (Phi) is 12.1. The minimum absolute atomic E-state index is 0.122. The van der Waals surface area contributed by atoms with E-state index in [0.717, 1.165) is 49.7 Å². The average molecular weight is 604 g/mol. The quantitative estimate of drug-likeness (QED) is 0.136. The van der Waals surface area contributed by atoms with Crippen LogP contribution in [0, 0.1) is 5.92 Å². The number of nitrogens with zero attached hydrogens (tertiary/aromatic N) is 3. The van der Waals surface area contributed by atoms with E-state index in [4.69, 9.17) is 18.9 Å². The van der Waals surface area contributed by atoms with Gasteiger partial charge in [0.1, 0.15) is 6.10 Å². The van der Waals surface area contributed by atoms with Gasteiger partial charge in [-0.25, -0.2) is 0 Å². The van der Waals surface area contributed by atoms with E-state index in [-0.39, 0.29) is 35.7 Å². The van der Waals surface area contributed by atoms with Crippen LogP contribution in [0.25, 0.3) is 0 Å². The Bertz CT molecular complexity index is 1310. The van der Waals surface area contributed by atoms with E-state index in [1.807, 2.05) is 36.7 Å². The second-order valence-electron chi connectivity index (χ2n) is 10.9. The molecule has 0 spiro atoms. The van der Waals surface area contributed by atoms with Crippen LogP contribution in [0.1, 0.15) is 60.0 Å². The van der Waals surface area contributed by atoms with Crippen LogP contribution >= 0.6 is 0 Å². The number of ketones is 1. The number of piperidine rings is 1. The predicted octanol–water partition coefficient (Wildman–Crippen LogP) is 4.88. The van der Waals surface area contributed by atoms with Crippen LogP contribution in [0.3, 0.4) is 0 Å². The van der Waals surface area contributed by atoms with Crippen molar-refractivity contribution in [3.05, 3.63) is 77.9 Å². The number of ether oxygens (including phenoxy) is 4. The van der Waals surface area contributed by atoms with Crippen molar-refractivity contribution >= 4 is 17.7 Å². The van der Waals surface area contributed by atoms with Gasteiger partial charge in [0.05, 0.1) is 27.2 Å². The molecule has 1 atom stereocenters. The van der Waals surface area contributed by atoms with Crippen LogP contribution in [-0.2, 0) is 27.2 Å². The summed E-state index contributed by atoms with van der Waals surface area (Å²) in [4.78, 5) is 49.8. The molecule has 0 saturated carbocycles. The van der Waals surface area contributed by atoms with Crippen LogP contribution in [-0.4, -0.2) is 73.1 Å². The normalized spacial score (nSPS) is 14.6. The Balaban J connectivity index is 1.38. The van der Waals surface area contributed by atoms with E-state index in [2.05, 4.69) is 9.97 Å². The number of rotatable bonds is 15. The van der Waals surface area contributed by atoms with Crippen LogP contribution in [0.4, 0.5) is 0 Å². The molecule has 0 N–H and O–H groups in total. The van der Waals surface area contributed by atoms with Crippen molar-refractivity contribution in [1.29, 1.82) is 0 Å². The van der Waals surface area contributed by atoms with E-state index in [9.17, 15) is 14.4 Å². The molecule has 44 heavy (non-hydrogen) atoms. The predicted molar refractivity (Wildman–Crippen MR) is 164 cm³/mol. The number of methoxy groups -OCH3 is 3. The molecule has 3 aromatic rings. The lowest BCUT2D eigenvalue weighted by Crippen LogP contribution is -2.46. The molecule has 0 bridgehead atoms. The molecule has 2 aromatic heterocycles. The molecule has 3 heterocycles. The maximum atomic E-state index is 13.4. The van der Waals surface area contributed by atoms with Gasteiger partial charge in [0.15, 0.2) is 11.5 Å². The second-order valence-corrected chi connectivity index (χ2v) is 10.9. The number of Topliss-reactive ketones (excluding diaryl/α,β-unsaturated/α-hetero) is 1. The van der Waals surface area contributed by atoms with Gasteiger partial charge in [0, 0.05) is 43.4 Å². The Hall–Kier alpha value is -4.47. The monoisotopic (exact) mass is 603 g/mol. The molecule has 0 aliphatic carbocycles. The summed E-state index contributed by atoms with van der Waals surface area (Å²) in [5.41, 5.74) is 2.41. The Morgan fingerprint density at radius 1 is 0.886 bits per heavy atom. The summed E-state index contributed by atoms with van der Waals surface area (Å²) in [6, 6.07) is 10.8. The SMILES string of the molecule is COc1cc(C(=O)C(=O)N2CCCC(C(=O)OC(CCCc3cccnc3)CCCc3cccnc3)C2)cc(OC)c1OC. The smallest absolute Gasteiger partial charge is 0.311 e. The topological polar surface area (TPSA) is 117 Å². The molecule has 1 unspecified atom stereocenters. The Morgan fingerprint density at radius 2 is 1.48 bits per heavy atom. The maximum Gasteiger partial charge on any atom is 0.311 e. The summed E-state index contributed by atoms with van der Waals surface area (Å²) in [6.07, 6.45) is 13.0. The highest BCUT2D eigenvalue weighted by Gasteiger charge is 2.34. The van der Waals surface area contributed by atoms with Gasteiger partial charge in [-0.05, 0) is 86.8 Å². The lowest BCUT2D eigenvalue weighted by atomic mass is 9.96. The van der Waals surface area contributed by atoms with Crippen LogP contribution < -0.4 is 14.2 Å². The van der Waals surface area contributed by atoms with Gasteiger partial charge in [0.2, 0.25) is 5.75 Å². The van der Waals surface area contributed by atoms with Crippen molar-refractivity contribution in [2.75, 3.05) is 34.4 Å². The summed E-state index contributed by atoms with van der Waals surface area (Å²) < 4.78 is 22.1. The molecule has 1 aliphatic heterocycles. The molecule has 10 nitrogen and oxygen atoms in total. The van der Waals surface area contributed by atoms with Gasteiger partial charge in [-0.1, -0.05) is 12.1 Å². The second kappa shape index (κ2) is 16.4. The van der Waals surface area contributed by atoms with Crippen molar-refractivity contribution in [1.82, 2.24) is 14.9 Å². The number of benzene rings is 1. The third-order valence-electron chi connectivity index (χ3n) is 7.87. The number of pyridine rings is 2. The van der Waals surface area contributed by atoms with Gasteiger partial charge >= 0.3 is 5.97 Å². The number of esters is 1. The zero-order valence-electron chi connectivity index (χ0n) is 25.7. The fraction of sp³-hybridized carbons (Fsp3) is 0.441. The lowest BCUT2D eigenvalue weighted by Gasteiger charge is -2.32. The number of hydrogen-bond donors (Lipinski definition) is 0. The van der Waals surface area contributed by atoms with Crippen molar-refractivity contribution in [3.63, 3.8) is 0 Å². The highest BCUT2D eigenvalue weighted by Crippen LogP contribution is 2.38. The van der Waals surface area contributed by atoms with Gasteiger partial charge in [-0.15, -0.1) is 0 Å². The van der Waals surface area contributed by atoms with Gasteiger partial charge < -0.3 is 23.8 Å². The number of amides is 1. The Labute approximate surface area is 258 Å². The van der Waals surface area contributed by atoms with Gasteiger partial charge in [-0.3, -0.25) is 24.4 Å². The third-order valence-corrected chi connectivity index (χ3v) is 7.87. The van der Waals surface area contributed by atoms with E-state index >= 15 is 0 Å². The molecule has 1 saturated heterocycles. The minimum Gasteiger partial charge on any atom is -0.493 e. The number of carbonyl (C=O) groups excluding carboxylic acids is 3. The van der Waals surface area contributed by atoms with Crippen molar-refractivity contribution in [3.8, 4) is 17.2 Å².